The SMILES string of the molecule is C#CN(C1CC=C(c2sc(C3CCN(C)CC3)nc2-c2ccc(C)cc2)/C=C\CC1)C(C)c1ccccc1. The highest BCUT2D eigenvalue weighted by molar-refractivity contribution is 7.13. The number of hydrogen-bond acceptors (Lipinski definition) is 4. The van der Waals surface area contributed by atoms with Crippen molar-refractivity contribution in [3.8, 4) is 23.7 Å². The lowest BCUT2D eigenvalue weighted by Crippen LogP contribution is -2.33. The smallest absolute Gasteiger partial charge is 0.0970 e. The molecule has 1 aromatic heterocycles. The second kappa shape index (κ2) is 12.2. The van der Waals surface area contributed by atoms with Crippen LogP contribution in [0.15, 0.2) is 72.8 Å². The number of aryl methyl sites for hydroxylation is 1. The summed E-state index contributed by atoms with van der Waals surface area (Å²) < 4.78 is 0. The first-order chi connectivity index (χ1) is 18.5. The van der Waals surface area contributed by atoms with Crippen molar-refractivity contribution in [2.75, 3.05) is 20.1 Å². The molecule has 2 aliphatic rings. The summed E-state index contributed by atoms with van der Waals surface area (Å²) in [5.41, 5.74) is 6.15. The van der Waals surface area contributed by atoms with Crippen molar-refractivity contribution in [1.82, 2.24) is 14.8 Å². The first kappa shape index (κ1) is 26.5. The van der Waals surface area contributed by atoms with E-state index < -0.39 is 0 Å². The molecule has 5 rings (SSSR count). The Bertz CT molecular complexity index is 1300. The van der Waals surface area contributed by atoms with Crippen molar-refractivity contribution in [2.45, 2.75) is 64.0 Å². The van der Waals surface area contributed by atoms with Gasteiger partial charge < -0.3 is 9.80 Å². The van der Waals surface area contributed by atoms with E-state index in [4.69, 9.17) is 11.4 Å². The average Bonchev–Trinajstić information content (AvgIpc) is 3.37. The summed E-state index contributed by atoms with van der Waals surface area (Å²) >= 11 is 1.90. The Morgan fingerprint density at radius 2 is 1.79 bits per heavy atom. The molecule has 1 saturated heterocycles. The second-order valence-electron chi connectivity index (χ2n) is 10.8. The number of terminal acetylenes is 1. The fraction of sp³-hybridized carbons (Fsp3) is 0.382. The molecule has 1 fully saturated rings. The van der Waals surface area contributed by atoms with Crippen LogP contribution in [0.3, 0.4) is 0 Å². The molecule has 1 aliphatic heterocycles. The monoisotopic (exact) mass is 521 g/mol. The normalized spacial score (nSPS) is 20.6. The molecule has 0 amide bonds. The number of thiazole rings is 1. The molecule has 2 aromatic carbocycles. The predicted octanol–water partition coefficient (Wildman–Crippen LogP) is 8.07. The molecule has 3 aromatic rings. The molecular weight excluding hydrogens is 482 g/mol. The lowest BCUT2D eigenvalue weighted by molar-refractivity contribution is 0.224. The number of hydrogen-bond donors (Lipinski definition) is 0. The molecule has 4 heteroatoms. The summed E-state index contributed by atoms with van der Waals surface area (Å²) in [5, 5.41) is 1.29. The molecule has 0 bridgehead atoms. The molecule has 0 spiro atoms. The molecular formula is C34H39N3S. The van der Waals surface area contributed by atoms with Gasteiger partial charge in [-0.1, -0.05) is 84.8 Å². The standard InChI is InChI=1S/C34H39N3S/c1-5-37(26(3)27-11-7-6-8-12-27)31-14-10-9-13-29(19-20-31)33-32(28-17-15-25(2)16-18-28)35-34(38-33)30-21-23-36(4)24-22-30/h1,6-9,11-13,15-19,26,30-31H,10,14,20-24H2,2-4H3/b13-9-,29-19?. The number of nitrogens with zero attached hydrogens (tertiary/aromatic N) is 3. The topological polar surface area (TPSA) is 19.4 Å². The van der Waals surface area contributed by atoms with Gasteiger partial charge in [0.2, 0.25) is 0 Å². The van der Waals surface area contributed by atoms with Gasteiger partial charge in [-0.2, -0.15) is 0 Å². The summed E-state index contributed by atoms with van der Waals surface area (Å²) in [6.45, 7) is 6.65. The van der Waals surface area contributed by atoms with Gasteiger partial charge >= 0.3 is 0 Å². The molecule has 38 heavy (non-hydrogen) atoms. The highest BCUT2D eigenvalue weighted by Gasteiger charge is 2.26. The minimum absolute atomic E-state index is 0.175. The van der Waals surface area contributed by atoms with Crippen LogP contribution in [-0.4, -0.2) is 41.0 Å². The van der Waals surface area contributed by atoms with Crippen molar-refractivity contribution in [2.24, 2.45) is 0 Å². The minimum atomic E-state index is 0.175. The number of benzene rings is 2. The molecule has 0 N–H and O–H groups in total. The maximum atomic E-state index is 6.11. The van der Waals surface area contributed by atoms with E-state index in [1.165, 1.54) is 45.0 Å². The maximum Gasteiger partial charge on any atom is 0.0970 e. The van der Waals surface area contributed by atoms with Crippen LogP contribution in [-0.2, 0) is 0 Å². The quantitative estimate of drug-likeness (QED) is 0.241. The van der Waals surface area contributed by atoms with Gasteiger partial charge in [0.25, 0.3) is 0 Å². The van der Waals surface area contributed by atoms with E-state index in [2.05, 4.69) is 110 Å². The number of likely N-dealkylation sites (tertiary alicyclic amines) is 1. The van der Waals surface area contributed by atoms with E-state index in [0.717, 1.165) is 38.0 Å². The fourth-order valence-corrected chi connectivity index (χ4v) is 6.94. The van der Waals surface area contributed by atoms with Crippen LogP contribution >= 0.6 is 11.3 Å². The molecule has 2 heterocycles. The number of piperidine rings is 1. The molecule has 196 valence electrons. The Balaban J connectivity index is 1.47. The Kier molecular flexibility index (Phi) is 8.47. The highest BCUT2D eigenvalue weighted by atomic mass is 32.1. The number of aromatic nitrogens is 1. The van der Waals surface area contributed by atoms with Gasteiger partial charge in [-0.15, -0.1) is 11.3 Å². The molecule has 3 nitrogen and oxygen atoms in total. The van der Waals surface area contributed by atoms with Crippen LogP contribution in [0.2, 0.25) is 0 Å². The fourth-order valence-electron chi connectivity index (χ4n) is 5.66. The third kappa shape index (κ3) is 5.96. The summed E-state index contributed by atoms with van der Waals surface area (Å²) in [7, 11) is 2.22. The molecule has 2 unspecified atom stereocenters. The van der Waals surface area contributed by atoms with Gasteiger partial charge in [0, 0.05) is 23.6 Å². The van der Waals surface area contributed by atoms with Crippen molar-refractivity contribution >= 4 is 16.9 Å². The van der Waals surface area contributed by atoms with Crippen LogP contribution in [0, 0.1) is 19.4 Å². The van der Waals surface area contributed by atoms with Gasteiger partial charge in [0.05, 0.1) is 21.6 Å². The van der Waals surface area contributed by atoms with Crippen LogP contribution in [0.25, 0.3) is 16.8 Å². The van der Waals surface area contributed by atoms with E-state index in [0.29, 0.717) is 12.0 Å². The summed E-state index contributed by atoms with van der Waals surface area (Å²) in [6.07, 6.45) is 18.5. The van der Waals surface area contributed by atoms with E-state index >= 15 is 0 Å². The van der Waals surface area contributed by atoms with Gasteiger partial charge in [-0.05, 0) is 77.2 Å². The average molecular weight is 522 g/mol. The number of rotatable bonds is 6. The van der Waals surface area contributed by atoms with Crippen LogP contribution in [0.5, 0.6) is 0 Å². The zero-order chi connectivity index (χ0) is 26.5. The highest BCUT2D eigenvalue weighted by Crippen LogP contribution is 2.41. The largest absolute Gasteiger partial charge is 0.322 e. The zero-order valence-corrected chi connectivity index (χ0v) is 23.8. The Hall–Kier alpha value is -3.13. The first-order valence-corrected chi connectivity index (χ1v) is 14.8. The Labute approximate surface area is 232 Å². The minimum Gasteiger partial charge on any atom is -0.322 e. The van der Waals surface area contributed by atoms with Gasteiger partial charge in [0.15, 0.2) is 0 Å². The molecule has 1 aliphatic carbocycles. The number of allylic oxidation sites excluding steroid dienone is 3. The molecule has 0 saturated carbocycles. The van der Waals surface area contributed by atoms with E-state index in [-0.39, 0.29) is 6.04 Å². The van der Waals surface area contributed by atoms with E-state index in [1.807, 2.05) is 11.3 Å². The molecule has 0 radical (unpaired) electrons. The molecule has 2 atom stereocenters. The lowest BCUT2D eigenvalue weighted by Gasteiger charge is -2.34. The van der Waals surface area contributed by atoms with Crippen molar-refractivity contribution in [3.05, 3.63) is 93.8 Å². The summed E-state index contributed by atoms with van der Waals surface area (Å²) in [6, 6.07) is 22.9. The van der Waals surface area contributed by atoms with Crippen molar-refractivity contribution in [3.63, 3.8) is 0 Å². The lowest BCUT2D eigenvalue weighted by atomic mass is 9.96. The summed E-state index contributed by atoms with van der Waals surface area (Å²) in [5.74, 6) is 0.545. The van der Waals surface area contributed by atoms with Gasteiger partial charge in [0.1, 0.15) is 0 Å². The van der Waals surface area contributed by atoms with Crippen LogP contribution in [0.1, 0.15) is 72.0 Å². The summed E-state index contributed by atoms with van der Waals surface area (Å²) in [4.78, 5) is 11.3. The Morgan fingerprint density at radius 1 is 1.05 bits per heavy atom. The van der Waals surface area contributed by atoms with E-state index in [9.17, 15) is 0 Å². The van der Waals surface area contributed by atoms with Gasteiger partial charge in [-0.3, -0.25) is 0 Å². The zero-order valence-electron chi connectivity index (χ0n) is 22.9. The maximum absolute atomic E-state index is 6.11. The Morgan fingerprint density at radius 3 is 2.50 bits per heavy atom. The van der Waals surface area contributed by atoms with Crippen molar-refractivity contribution < 1.29 is 0 Å². The van der Waals surface area contributed by atoms with Crippen LogP contribution < -0.4 is 0 Å². The first-order valence-electron chi connectivity index (χ1n) is 14.0. The van der Waals surface area contributed by atoms with Crippen LogP contribution in [0.4, 0.5) is 0 Å². The van der Waals surface area contributed by atoms with Crippen molar-refractivity contribution in [1.29, 1.82) is 0 Å². The third-order valence-electron chi connectivity index (χ3n) is 8.11. The second-order valence-corrected chi connectivity index (χ2v) is 11.9. The van der Waals surface area contributed by atoms with E-state index in [1.54, 1.807) is 0 Å². The van der Waals surface area contributed by atoms with Gasteiger partial charge in [-0.25, -0.2) is 4.98 Å². The third-order valence-corrected chi connectivity index (χ3v) is 9.38. The predicted molar refractivity (Wildman–Crippen MR) is 162 cm³/mol.